The topological polar surface area (TPSA) is 64.6 Å². The standard InChI is InChI=1S/C24H29NO4/c1-4-29-22(26)20-16-19(12-13-21(20)28-3)25-23(27)24(14-6-5-7-15-24)18-10-8-17(2)9-11-18/h8-13,16H,4-7,14-15H2,1-3H3,(H,25,27). The average Bonchev–Trinajstić information content (AvgIpc) is 2.74. The lowest BCUT2D eigenvalue weighted by Crippen LogP contribution is -2.42. The minimum Gasteiger partial charge on any atom is -0.496 e. The smallest absolute Gasteiger partial charge is 0.341 e. The van der Waals surface area contributed by atoms with E-state index in [2.05, 4.69) is 29.6 Å². The number of esters is 1. The first-order valence-electron chi connectivity index (χ1n) is 10.2. The van der Waals surface area contributed by atoms with Crippen LogP contribution in [0.5, 0.6) is 5.75 Å². The van der Waals surface area contributed by atoms with Gasteiger partial charge in [0.1, 0.15) is 11.3 Å². The highest BCUT2D eigenvalue weighted by Crippen LogP contribution is 2.40. The highest BCUT2D eigenvalue weighted by molar-refractivity contribution is 6.01. The van der Waals surface area contributed by atoms with Crippen LogP contribution in [0.25, 0.3) is 0 Å². The second-order valence-electron chi connectivity index (χ2n) is 7.60. The number of carbonyl (C=O) groups excluding carboxylic acids is 2. The van der Waals surface area contributed by atoms with E-state index in [9.17, 15) is 9.59 Å². The first kappa shape index (κ1) is 20.9. The molecule has 5 heteroatoms. The van der Waals surface area contributed by atoms with E-state index >= 15 is 0 Å². The van der Waals surface area contributed by atoms with Crippen molar-refractivity contribution >= 4 is 17.6 Å². The number of ether oxygens (including phenoxy) is 2. The Bertz CT molecular complexity index is 867. The number of methoxy groups -OCH3 is 1. The largest absolute Gasteiger partial charge is 0.496 e. The maximum atomic E-state index is 13.5. The molecule has 0 radical (unpaired) electrons. The van der Waals surface area contributed by atoms with Gasteiger partial charge in [-0.05, 0) is 50.5 Å². The van der Waals surface area contributed by atoms with Gasteiger partial charge in [0.25, 0.3) is 0 Å². The number of rotatable bonds is 6. The van der Waals surface area contributed by atoms with Crippen molar-refractivity contribution in [3.63, 3.8) is 0 Å². The number of amides is 1. The fraction of sp³-hybridized carbons (Fsp3) is 0.417. The average molecular weight is 395 g/mol. The number of anilines is 1. The molecule has 0 aromatic heterocycles. The summed E-state index contributed by atoms with van der Waals surface area (Å²) in [6.45, 7) is 4.07. The molecule has 0 atom stereocenters. The molecular weight excluding hydrogens is 366 g/mol. The Hall–Kier alpha value is -2.82. The van der Waals surface area contributed by atoms with Crippen LogP contribution in [0.4, 0.5) is 5.69 Å². The van der Waals surface area contributed by atoms with Crippen LogP contribution in [0.15, 0.2) is 42.5 Å². The minimum atomic E-state index is -0.546. The van der Waals surface area contributed by atoms with Crippen LogP contribution in [0.3, 0.4) is 0 Å². The Morgan fingerprint density at radius 1 is 1.03 bits per heavy atom. The van der Waals surface area contributed by atoms with Crippen LogP contribution in [-0.4, -0.2) is 25.6 Å². The van der Waals surface area contributed by atoms with Crippen molar-refractivity contribution in [1.82, 2.24) is 0 Å². The molecule has 0 unspecified atom stereocenters. The zero-order valence-electron chi connectivity index (χ0n) is 17.4. The molecule has 1 fully saturated rings. The second-order valence-corrected chi connectivity index (χ2v) is 7.60. The monoisotopic (exact) mass is 395 g/mol. The van der Waals surface area contributed by atoms with Gasteiger partial charge in [-0.25, -0.2) is 4.79 Å². The van der Waals surface area contributed by atoms with E-state index < -0.39 is 11.4 Å². The maximum absolute atomic E-state index is 13.5. The number of nitrogens with one attached hydrogen (secondary N) is 1. The lowest BCUT2D eigenvalue weighted by molar-refractivity contribution is -0.122. The first-order chi connectivity index (χ1) is 14.0. The van der Waals surface area contributed by atoms with Crippen LogP contribution < -0.4 is 10.1 Å². The summed E-state index contributed by atoms with van der Waals surface area (Å²) in [6.07, 6.45) is 4.85. The molecule has 0 saturated heterocycles. The van der Waals surface area contributed by atoms with Crippen molar-refractivity contribution in [1.29, 1.82) is 0 Å². The maximum Gasteiger partial charge on any atom is 0.341 e. The molecule has 2 aromatic carbocycles. The molecule has 1 aliphatic rings. The van der Waals surface area contributed by atoms with E-state index in [1.165, 1.54) is 12.7 Å². The molecule has 29 heavy (non-hydrogen) atoms. The highest BCUT2D eigenvalue weighted by Gasteiger charge is 2.41. The first-order valence-corrected chi connectivity index (χ1v) is 10.2. The van der Waals surface area contributed by atoms with Crippen LogP contribution in [-0.2, 0) is 14.9 Å². The fourth-order valence-electron chi connectivity index (χ4n) is 4.08. The molecule has 1 amide bonds. The van der Waals surface area contributed by atoms with Crippen molar-refractivity contribution < 1.29 is 19.1 Å². The van der Waals surface area contributed by atoms with Gasteiger partial charge >= 0.3 is 5.97 Å². The van der Waals surface area contributed by atoms with Gasteiger partial charge in [0.15, 0.2) is 0 Å². The molecule has 2 aromatic rings. The van der Waals surface area contributed by atoms with Gasteiger partial charge in [-0.3, -0.25) is 4.79 Å². The molecule has 1 aliphatic carbocycles. The van der Waals surface area contributed by atoms with E-state index in [1.807, 2.05) is 6.92 Å². The van der Waals surface area contributed by atoms with Crippen molar-refractivity contribution in [2.45, 2.75) is 51.4 Å². The Kier molecular flexibility index (Phi) is 6.57. The molecule has 0 spiro atoms. The Balaban J connectivity index is 1.91. The quantitative estimate of drug-likeness (QED) is 0.698. The summed E-state index contributed by atoms with van der Waals surface area (Å²) in [5, 5.41) is 3.05. The number of hydrogen-bond acceptors (Lipinski definition) is 4. The highest BCUT2D eigenvalue weighted by atomic mass is 16.5. The number of aryl methyl sites for hydroxylation is 1. The molecule has 1 N–H and O–H groups in total. The molecule has 3 rings (SSSR count). The van der Waals surface area contributed by atoms with Crippen molar-refractivity contribution in [3.05, 3.63) is 59.2 Å². The molecular formula is C24H29NO4. The minimum absolute atomic E-state index is 0.0268. The SMILES string of the molecule is CCOC(=O)c1cc(NC(=O)C2(c3ccc(C)cc3)CCCCC2)ccc1OC. The second kappa shape index (κ2) is 9.12. The van der Waals surface area contributed by atoms with E-state index in [-0.39, 0.29) is 12.5 Å². The number of carbonyl (C=O) groups is 2. The van der Waals surface area contributed by atoms with E-state index in [0.717, 1.165) is 37.7 Å². The summed E-state index contributed by atoms with van der Waals surface area (Å²) in [6, 6.07) is 13.3. The zero-order chi connectivity index (χ0) is 20.9. The van der Waals surface area contributed by atoms with Crippen molar-refractivity contribution in [3.8, 4) is 5.75 Å². The molecule has 0 aliphatic heterocycles. The van der Waals surface area contributed by atoms with E-state index in [0.29, 0.717) is 17.0 Å². The summed E-state index contributed by atoms with van der Waals surface area (Å²) in [5.74, 6) is -0.0697. The zero-order valence-corrected chi connectivity index (χ0v) is 17.4. The summed E-state index contributed by atoms with van der Waals surface area (Å²) >= 11 is 0. The van der Waals surface area contributed by atoms with Gasteiger partial charge in [0.2, 0.25) is 5.91 Å². The molecule has 0 heterocycles. The lowest BCUT2D eigenvalue weighted by Gasteiger charge is -2.36. The third kappa shape index (κ3) is 4.44. The lowest BCUT2D eigenvalue weighted by atomic mass is 9.68. The van der Waals surface area contributed by atoms with Gasteiger partial charge in [-0.1, -0.05) is 49.1 Å². The molecule has 5 nitrogen and oxygen atoms in total. The van der Waals surface area contributed by atoms with Gasteiger partial charge in [-0.15, -0.1) is 0 Å². The van der Waals surface area contributed by atoms with E-state index in [1.54, 1.807) is 25.1 Å². The van der Waals surface area contributed by atoms with Gasteiger partial charge in [-0.2, -0.15) is 0 Å². The van der Waals surface area contributed by atoms with Crippen LogP contribution >= 0.6 is 0 Å². The summed E-state index contributed by atoms with van der Waals surface area (Å²) in [5.41, 5.74) is 2.56. The van der Waals surface area contributed by atoms with Crippen molar-refractivity contribution in [2.24, 2.45) is 0 Å². The summed E-state index contributed by atoms with van der Waals surface area (Å²) in [4.78, 5) is 25.7. The van der Waals surface area contributed by atoms with Gasteiger partial charge in [0.05, 0.1) is 19.1 Å². The van der Waals surface area contributed by atoms with Crippen LogP contribution in [0, 0.1) is 6.92 Å². The van der Waals surface area contributed by atoms with Crippen molar-refractivity contribution in [2.75, 3.05) is 19.0 Å². The normalized spacial score (nSPS) is 15.4. The third-order valence-electron chi connectivity index (χ3n) is 5.70. The predicted molar refractivity (Wildman–Crippen MR) is 114 cm³/mol. The number of hydrogen-bond donors (Lipinski definition) is 1. The Morgan fingerprint density at radius 2 is 1.72 bits per heavy atom. The predicted octanol–water partition coefficient (Wildman–Crippen LogP) is 5.02. The summed E-state index contributed by atoms with van der Waals surface area (Å²) < 4.78 is 10.4. The molecule has 1 saturated carbocycles. The molecule has 154 valence electrons. The van der Waals surface area contributed by atoms with Crippen LogP contribution in [0.1, 0.15) is 60.5 Å². The fourth-order valence-corrected chi connectivity index (χ4v) is 4.08. The van der Waals surface area contributed by atoms with E-state index in [4.69, 9.17) is 9.47 Å². The van der Waals surface area contributed by atoms with Gasteiger partial charge < -0.3 is 14.8 Å². The number of benzene rings is 2. The van der Waals surface area contributed by atoms with Gasteiger partial charge in [0, 0.05) is 5.69 Å². The third-order valence-corrected chi connectivity index (χ3v) is 5.70. The summed E-state index contributed by atoms with van der Waals surface area (Å²) in [7, 11) is 1.50. The van der Waals surface area contributed by atoms with Crippen LogP contribution in [0.2, 0.25) is 0 Å². The Morgan fingerprint density at radius 3 is 2.34 bits per heavy atom. The molecule has 0 bridgehead atoms. The Labute approximate surface area is 172 Å².